The highest BCUT2D eigenvalue weighted by Crippen LogP contribution is 2.56. The zero-order chi connectivity index (χ0) is 19.8. The summed E-state index contributed by atoms with van der Waals surface area (Å²) in [4.78, 5) is 50.2. The molecule has 1 aromatic rings. The number of amides is 3. The molecule has 4 rings (SSSR count). The summed E-state index contributed by atoms with van der Waals surface area (Å²) in [5.74, 6) is -1.04. The van der Waals surface area contributed by atoms with E-state index < -0.39 is 18.5 Å². The maximum absolute atomic E-state index is 12.6. The lowest BCUT2D eigenvalue weighted by molar-refractivity contribution is -0.149. The molecule has 28 heavy (non-hydrogen) atoms. The molecule has 4 atom stereocenters. The van der Waals surface area contributed by atoms with Gasteiger partial charge in [0.2, 0.25) is 11.8 Å². The van der Waals surface area contributed by atoms with Crippen LogP contribution in [0.5, 0.6) is 0 Å². The molecule has 7 nitrogen and oxygen atoms in total. The maximum Gasteiger partial charge on any atom is 0.308 e. The Morgan fingerprint density at radius 2 is 1.68 bits per heavy atom. The molecule has 1 aliphatic heterocycles. The molecule has 1 aromatic carbocycles. The highest BCUT2D eigenvalue weighted by molar-refractivity contribution is 9.10. The Labute approximate surface area is 170 Å². The smallest absolute Gasteiger partial charge is 0.308 e. The quantitative estimate of drug-likeness (QED) is 0.532. The Hall–Kier alpha value is -2.22. The zero-order valence-corrected chi connectivity index (χ0v) is 16.8. The number of carbonyl (C=O) groups is 4. The Morgan fingerprint density at radius 1 is 1.07 bits per heavy atom. The molecule has 8 heteroatoms. The van der Waals surface area contributed by atoms with Crippen LogP contribution in [0, 0.1) is 23.7 Å². The Bertz CT molecular complexity index is 796. The van der Waals surface area contributed by atoms with Crippen molar-refractivity contribution in [2.45, 2.75) is 25.7 Å². The minimum absolute atomic E-state index is 0.0251. The third-order valence-electron chi connectivity index (χ3n) is 6.05. The van der Waals surface area contributed by atoms with E-state index >= 15 is 0 Å². The molecule has 148 valence electrons. The van der Waals surface area contributed by atoms with Gasteiger partial charge in [0, 0.05) is 16.7 Å². The lowest BCUT2D eigenvalue weighted by atomic mass is 9.81. The van der Waals surface area contributed by atoms with E-state index in [1.165, 1.54) is 4.90 Å². The van der Waals surface area contributed by atoms with Crippen LogP contribution in [-0.2, 0) is 23.9 Å². The van der Waals surface area contributed by atoms with E-state index in [9.17, 15) is 19.2 Å². The molecule has 0 unspecified atom stereocenters. The van der Waals surface area contributed by atoms with Crippen molar-refractivity contribution in [2.24, 2.45) is 23.7 Å². The van der Waals surface area contributed by atoms with Crippen LogP contribution in [0.15, 0.2) is 28.7 Å². The number of likely N-dealkylation sites (tertiary alicyclic amines) is 1. The van der Waals surface area contributed by atoms with Crippen molar-refractivity contribution >= 4 is 45.3 Å². The SMILES string of the molecule is O=C(COC(=O)CCN1C(=O)[C@@H]2[C@H]3CC[C@@H](C3)[C@H]2C1=O)Nc1ccc(Br)cc1. The molecule has 0 spiro atoms. The van der Waals surface area contributed by atoms with Gasteiger partial charge in [-0.1, -0.05) is 15.9 Å². The summed E-state index contributed by atoms with van der Waals surface area (Å²) < 4.78 is 5.86. The molecular formula is C20H21BrN2O5. The van der Waals surface area contributed by atoms with Gasteiger partial charge in [-0.15, -0.1) is 0 Å². The van der Waals surface area contributed by atoms with Gasteiger partial charge in [-0.2, -0.15) is 0 Å². The van der Waals surface area contributed by atoms with Gasteiger partial charge in [-0.05, 0) is 55.4 Å². The molecule has 2 aliphatic carbocycles. The third-order valence-corrected chi connectivity index (χ3v) is 6.58. The second-order valence-electron chi connectivity index (χ2n) is 7.68. The fourth-order valence-corrected chi connectivity index (χ4v) is 5.11. The highest BCUT2D eigenvalue weighted by Gasteiger charge is 2.60. The van der Waals surface area contributed by atoms with Gasteiger partial charge in [-0.3, -0.25) is 24.1 Å². The number of esters is 1. The van der Waals surface area contributed by atoms with E-state index in [0.29, 0.717) is 17.5 Å². The molecule has 1 heterocycles. The predicted octanol–water partition coefficient (Wildman–Crippen LogP) is 2.35. The summed E-state index contributed by atoms with van der Waals surface area (Å²) in [5.41, 5.74) is 0.596. The maximum atomic E-state index is 12.6. The van der Waals surface area contributed by atoms with Crippen molar-refractivity contribution < 1.29 is 23.9 Å². The van der Waals surface area contributed by atoms with Crippen molar-refractivity contribution in [3.63, 3.8) is 0 Å². The molecule has 3 fully saturated rings. The molecule has 0 aromatic heterocycles. The number of halogens is 1. The van der Waals surface area contributed by atoms with E-state index in [0.717, 1.165) is 23.7 Å². The average Bonchev–Trinajstić information content (AvgIpc) is 3.35. The number of anilines is 1. The van der Waals surface area contributed by atoms with Crippen LogP contribution in [0.1, 0.15) is 25.7 Å². The Kier molecular flexibility index (Phi) is 5.23. The lowest BCUT2D eigenvalue weighted by Gasteiger charge is -2.19. The number of carbonyl (C=O) groups excluding carboxylic acids is 4. The molecule has 3 amide bonds. The van der Waals surface area contributed by atoms with Gasteiger partial charge in [0.05, 0.1) is 18.3 Å². The Morgan fingerprint density at radius 3 is 2.29 bits per heavy atom. The minimum Gasteiger partial charge on any atom is -0.456 e. The van der Waals surface area contributed by atoms with Crippen molar-refractivity contribution in [2.75, 3.05) is 18.5 Å². The van der Waals surface area contributed by atoms with Gasteiger partial charge < -0.3 is 10.1 Å². The number of benzene rings is 1. The van der Waals surface area contributed by atoms with Gasteiger partial charge in [-0.25, -0.2) is 0 Å². The number of hydrogen-bond acceptors (Lipinski definition) is 5. The first-order valence-corrected chi connectivity index (χ1v) is 10.3. The third kappa shape index (κ3) is 3.57. The summed E-state index contributed by atoms with van der Waals surface area (Å²) in [6, 6.07) is 7.01. The molecule has 2 saturated carbocycles. The summed E-state index contributed by atoms with van der Waals surface area (Å²) in [7, 11) is 0. The number of rotatable bonds is 6. The number of nitrogens with one attached hydrogen (secondary N) is 1. The van der Waals surface area contributed by atoms with Crippen LogP contribution >= 0.6 is 15.9 Å². The van der Waals surface area contributed by atoms with Crippen LogP contribution in [0.3, 0.4) is 0 Å². The highest BCUT2D eigenvalue weighted by atomic mass is 79.9. The predicted molar refractivity (Wildman–Crippen MR) is 103 cm³/mol. The normalized spacial score (nSPS) is 27.8. The summed E-state index contributed by atoms with van der Waals surface area (Å²) in [5, 5.41) is 2.62. The van der Waals surface area contributed by atoms with E-state index in [1.807, 2.05) is 0 Å². The summed E-state index contributed by atoms with van der Waals surface area (Å²) >= 11 is 3.31. The summed E-state index contributed by atoms with van der Waals surface area (Å²) in [6.07, 6.45) is 2.93. The number of hydrogen-bond donors (Lipinski definition) is 1. The molecular weight excluding hydrogens is 428 g/mol. The summed E-state index contributed by atoms with van der Waals surface area (Å²) in [6.45, 7) is -0.385. The van der Waals surface area contributed by atoms with Crippen molar-refractivity contribution in [3.05, 3.63) is 28.7 Å². The zero-order valence-electron chi connectivity index (χ0n) is 15.2. The van der Waals surface area contributed by atoms with Crippen molar-refractivity contribution in [3.8, 4) is 0 Å². The van der Waals surface area contributed by atoms with Gasteiger partial charge in [0.1, 0.15) is 0 Å². The Balaban J connectivity index is 1.22. The fraction of sp³-hybridized carbons (Fsp3) is 0.500. The number of ether oxygens (including phenoxy) is 1. The van der Waals surface area contributed by atoms with Crippen LogP contribution in [0.25, 0.3) is 0 Å². The molecule has 2 bridgehead atoms. The lowest BCUT2D eigenvalue weighted by Crippen LogP contribution is -2.35. The molecule has 0 radical (unpaired) electrons. The number of imide groups is 1. The second kappa shape index (κ2) is 7.66. The first-order chi connectivity index (χ1) is 13.4. The van der Waals surface area contributed by atoms with Crippen LogP contribution in [0.2, 0.25) is 0 Å². The number of fused-ring (bicyclic) bond motifs is 5. The van der Waals surface area contributed by atoms with Gasteiger partial charge >= 0.3 is 5.97 Å². The second-order valence-corrected chi connectivity index (χ2v) is 8.59. The van der Waals surface area contributed by atoms with Crippen molar-refractivity contribution in [1.29, 1.82) is 0 Å². The average molecular weight is 449 g/mol. The van der Waals surface area contributed by atoms with Crippen molar-refractivity contribution in [1.82, 2.24) is 4.90 Å². The van der Waals surface area contributed by atoms with Crippen LogP contribution < -0.4 is 5.32 Å². The monoisotopic (exact) mass is 448 g/mol. The standard InChI is InChI=1S/C20H21BrN2O5/c21-13-3-5-14(6-4-13)22-15(24)10-28-16(25)7-8-23-19(26)17-11-1-2-12(9-11)18(17)20(23)27/h3-6,11-12,17-18H,1-2,7-10H2,(H,22,24)/t11-,12-,17+,18+/m0/s1. The van der Waals surface area contributed by atoms with E-state index in [-0.39, 0.29) is 36.6 Å². The molecule has 1 saturated heterocycles. The van der Waals surface area contributed by atoms with Gasteiger partial charge in [0.25, 0.3) is 5.91 Å². The topological polar surface area (TPSA) is 92.8 Å². The van der Waals surface area contributed by atoms with E-state index in [1.54, 1.807) is 24.3 Å². The van der Waals surface area contributed by atoms with E-state index in [2.05, 4.69) is 21.2 Å². The first-order valence-electron chi connectivity index (χ1n) is 9.50. The number of nitrogens with zero attached hydrogens (tertiary/aromatic N) is 1. The minimum atomic E-state index is -0.605. The van der Waals surface area contributed by atoms with Crippen LogP contribution in [0.4, 0.5) is 5.69 Å². The van der Waals surface area contributed by atoms with E-state index in [4.69, 9.17) is 4.74 Å². The van der Waals surface area contributed by atoms with Gasteiger partial charge in [0.15, 0.2) is 6.61 Å². The largest absolute Gasteiger partial charge is 0.456 e. The van der Waals surface area contributed by atoms with Crippen LogP contribution in [-0.4, -0.2) is 41.7 Å². The molecule has 1 N–H and O–H groups in total. The first kappa shape index (κ1) is 19.1. The molecule has 3 aliphatic rings. The fourth-order valence-electron chi connectivity index (χ4n) is 4.84.